The van der Waals surface area contributed by atoms with Gasteiger partial charge in [0, 0.05) is 16.3 Å². The normalized spacial score (nSPS) is 9.50. The summed E-state index contributed by atoms with van der Waals surface area (Å²) in [5.41, 5.74) is 10.2. The van der Waals surface area contributed by atoms with E-state index in [1.54, 1.807) is 55.6 Å². The number of nitrogens with zero attached hydrogens (tertiary/aromatic N) is 3. The fraction of sp³-hybridized carbons (Fsp3) is 0.133. The van der Waals surface area contributed by atoms with Crippen molar-refractivity contribution in [1.29, 1.82) is 0 Å². The summed E-state index contributed by atoms with van der Waals surface area (Å²) in [7, 11) is 1.57. The molecule has 7 nitrogen and oxygen atoms in total. The molecule has 0 fully saturated rings. The van der Waals surface area contributed by atoms with Crippen LogP contribution in [0.1, 0.15) is 5.56 Å². The average Bonchev–Trinajstić information content (AvgIpc) is 2.55. The number of ether oxygens (including phenoxy) is 2. The van der Waals surface area contributed by atoms with Crippen LogP contribution in [0.3, 0.4) is 0 Å². The van der Waals surface area contributed by atoms with Crippen molar-refractivity contribution in [3.8, 4) is 5.75 Å². The zero-order chi connectivity index (χ0) is 15.8. The van der Waals surface area contributed by atoms with Crippen molar-refractivity contribution < 1.29 is 14.3 Å². The summed E-state index contributed by atoms with van der Waals surface area (Å²) in [5, 5.41) is 6.08. The number of amides is 1. The molecule has 0 atom stereocenters. The number of methoxy groups -OCH3 is 1. The smallest absolute Gasteiger partial charge is 0.411 e. The second kappa shape index (κ2) is 7.56. The van der Waals surface area contributed by atoms with Gasteiger partial charge in [-0.1, -0.05) is 29.4 Å². The highest BCUT2D eigenvalue weighted by Gasteiger charge is 2.04. The predicted molar refractivity (Wildman–Crippen MR) is 82.0 cm³/mol. The van der Waals surface area contributed by atoms with Crippen LogP contribution >= 0.6 is 0 Å². The lowest BCUT2D eigenvalue weighted by Gasteiger charge is -2.08. The van der Waals surface area contributed by atoms with Gasteiger partial charge >= 0.3 is 6.09 Å². The summed E-state index contributed by atoms with van der Waals surface area (Å²) in [6.45, 7) is 0.124. The van der Waals surface area contributed by atoms with Crippen molar-refractivity contribution in [3.63, 3.8) is 0 Å². The molecule has 0 saturated carbocycles. The third kappa shape index (κ3) is 4.43. The molecule has 1 N–H and O–H groups in total. The summed E-state index contributed by atoms with van der Waals surface area (Å²) in [4.78, 5) is 14.4. The number of carbonyl (C=O) groups is 1. The van der Waals surface area contributed by atoms with Crippen molar-refractivity contribution in [1.82, 2.24) is 0 Å². The van der Waals surface area contributed by atoms with Gasteiger partial charge in [0.05, 0.1) is 7.11 Å². The van der Waals surface area contributed by atoms with Gasteiger partial charge in [0.15, 0.2) is 0 Å². The van der Waals surface area contributed by atoms with Crippen LogP contribution in [0, 0.1) is 0 Å². The molecule has 0 spiro atoms. The molecule has 0 aliphatic carbocycles. The molecule has 0 bridgehead atoms. The summed E-state index contributed by atoms with van der Waals surface area (Å²) in [5.74, 6) is 0.707. The molecular formula is C15H14N4O3. The molecule has 112 valence electrons. The van der Waals surface area contributed by atoms with Crippen LogP contribution < -0.4 is 10.1 Å². The Morgan fingerprint density at radius 1 is 1.18 bits per heavy atom. The van der Waals surface area contributed by atoms with Gasteiger partial charge in [-0.15, -0.1) is 0 Å². The van der Waals surface area contributed by atoms with Crippen molar-refractivity contribution in [2.75, 3.05) is 12.4 Å². The average molecular weight is 298 g/mol. The van der Waals surface area contributed by atoms with E-state index in [1.807, 2.05) is 0 Å². The van der Waals surface area contributed by atoms with Crippen molar-refractivity contribution >= 4 is 17.5 Å². The van der Waals surface area contributed by atoms with Gasteiger partial charge < -0.3 is 9.47 Å². The van der Waals surface area contributed by atoms with E-state index < -0.39 is 6.09 Å². The number of anilines is 1. The quantitative estimate of drug-likeness (QED) is 0.503. The molecule has 1 amide bonds. The SMILES string of the molecule is COc1ccc(NC(=O)OCc2ccc(N=[N+]=[N-])cc2)cc1. The van der Waals surface area contributed by atoms with Gasteiger partial charge in [0.25, 0.3) is 0 Å². The van der Waals surface area contributed by atoms with Crippen LogP contribution in [-0.2, 0) is 11.3 Å². The molecule has 2 rings (SSSR count). The van der Waals surface area contributed by atoms with Gasteiger partial charge in [-0.3, -0.25) is 5.32 Å². The predicted octanol–water partition coefficient (Wildman–Crippen LogP) is 4.39. The number of hydrogen-bond donors (Lipinski definition) is 1. The largest absolute Gasteiger partial charge is 0.497 e. The Morgan fingerprint density at radius 2 is 1.86 bits per heavy atom. The monoisotopic (exact) mass is 298 g/mol. The first-order chi connectivity index (χ1) is 10.7. The van der Waals surface area contributed by atoms with E-state index in [1.165, 1.54) is 0 Å². The molecule has 2 aromatic rings. The van der Waals surface area contributed by atoms with E-state index in [2.05, 4.69) is 15.3 Å². The number of carbonyl (C=O) groups excluding carboxylic acids is 1. The third-order valence-corrected chi connectivity index (χ3v) is 2.80. The van der Waals surface area contributed by atoms with Crippen LogP contribution in [-0.4, -0.2) is 13.2 Å². The third-order valence-electron chi connectivity index (χ3n) is 2.80. The number of rotatable bonds is 5. The van der Waals surface area contributed by atoms with Crippen molar-refractivity contribution in [2.45, 2.75) is 6.61 Å². The molecule has 0 heterocycles. The van der Waals surface area contributed by atoms with Crippen molar-refractivity contribution in [3.05, 3.63) is 64.5 Å². The second-order valence-electron chi connectivity index (χ2n) is 4.29. The summed E-state index contributed by atoms with van der Waals surface area (Å²) >= 11 is 0. The molecule has 22 heavy (non-hydrogen) atoms. The molecule has 0 aliphatic rings. The Bertz CT molecular complexity index is 677. The highest BCUT2D eigenvalue weighted by molar-refractivity contribution is 5.84. The zero-order valence-corrected chi connectivity index (χ0v) is 11.9. The maximum atomic E-state index is 11.7. The number of nitrogens with one attached hydrogen (secondary N) is 1. The van der Waals surface area contributed by atoms with Crippen LogP contribution in [0.25, 0.3) is 10.4 Å². The standard InChI is InChI=1S/C15H14N4O3/c1-21-14-8-6-12(7-9-14)17-15(20)22-10-11-2-4-13(5-3-11)18-19-16/h2-9H,10H2,1H3,(H,17,20). The highest BCUT2D eigenvalue weighted by Crippen LogP contribution is 2.16. The zero-order valence-electron chi connectivity index (χ0n) is 11.9. The molecule has 0 saturated heterocycles. The fourth-order valence-corrected chi connectivity index (χ4v) is 1.69. The van der Waals surface area contributed by atoms with Crippen LogP contribution in [0.15, 0.2) is 53.6 Å². The van der Waals surface area contributed by atoms with E-state index in [0.717, 1.165) is 5.56 Å². The minimum Gasteiger partial charge on any atom is -0.497 e. The Labute approximate surface area is 127 Å². The Balaban J connectivity index is 1.85. The van der Waals surface area contributed by atoms with Gasteiger partial charge in [-0.05, 0) is 35.4 Å². The molecule has 0 radical (unpaired) electrons. The fourth-order valence-electron chi connectivity index (χ4n) is 1.69. The minimum atomic E-state index is -0.552. The van der Waals surface area contributed by atoms with Gasteiger partial charge in [0.1, 0.15) is 12.4 Å². The van der Waals surface area contributed by atoms with Gasteiger partial charge in [0.2, 0.25) is 0 Å². The molecule has 2 aromatic carbocycles. The summed E-state index contributed by atoms with van der Waals surface area (Å²) in [6.07, 6.45) is -0.552. The number of benzene rings is 2. The number of hydrogen-bond acceptors (Lipinski definition) is 4. The van der Waals surface area contributed by atoms with Gasteiger partial charge in [-0.2, -0.15) is 0 Å². The van der Waals surface area contributed by atoms with Crippen LogP contribution in [0.5, 0.6) is 5.75 Å². The molecule has 0 aliphatic heterocycles. The number of azide groups is 1. The van der Waals surface area contributed by atoms with E-state index in [4.69, 9.17) is 15.0 Å². The summed E-state index contributed by atoms with van der Waals surface area (Å²) < 4.78 is 10.1. The molecule has 0 unspecified atom stereocenters. The molecule has 7 heteroatoms. The van der Waals surface area contributed by atoms with E-state index in [0.29, 0.717) is 17.1 Å². The topological polar surface area (TPSA) is 96.3 Å². The first-order valence-electron chi connectivity index (χ1n) is 6.43. The minimum absolute atomic E-state index is 0.124. The highest BCUT2D eigenvalue weighted by atomic mass is 16.5. The lowest BCUT2D eigenvalue weighted by atomic mass is 10.2. The second-order valence-corrected chi connectivity index (χ2v) is 4.29. The Hall–Kier alpha value is -3.18. The lowest BCUT2D eigenvalue weighted by Crippen LogP contribution is -2.13. The van der Waals surface area contributed by atoms with Gasteiger partial charge in [-0.25, -0.2) is 4.79 Å². The molecule has 0 aromatic heterocycles. The van der Waals surface area contributed by atoms with Crippen LogP contribution in [0.2, 0.25) is 0 Å². The van der Waals surface area contributed by atoms with Crippen LogP contribution in [0.4, 0.5) is 16.2 Å². The van der Waals surface area contributed by atoms with E-state index in [-0.39, 0.29) is 6.61 Å². The molecular weight excluding hydrogens is 284 g/mol. The Morgan fingerprint density at radius 3 is 2.45 bits per heavy atom. The van der Waals surface area contributed by atoms with Crippen molar-refractivity contribution in [2.24, 2.45) is 5.11 Å². The summed E-state index contributed by atoms with van der Waals surface area (Å²) in [6, 6.07) is 13.7. The first kappa shape index (κ1) is 15.2. The first-order valence-corrected chi connectivity index (χ1v) is 6.43. The van der Waals surface area contributed by atoms with E-state index in [9.17, 15) is 4.79 Å². The Kier molecular flexibility index (Phi) is 5.23. The van der Waals surface area contributed by atoms with E-state index >= 15 is 0 Å². The maximum Gasteiger partial charge on any atom is 0.411 e. The maximum absolute atomic E-state index is 11.7. The lowest BCUT2D eigenvalue weighted by molar-refractivity contribution is 0.155.